The molecule has 0 spiro atoms. The Bertz CT molecular complexity index is 1270. The van der Waals surface area contributed by atoms with Crippen LogP contribution in [0.25, 0.3) is 0 Å². The molecule has 0 unspecified atom stereocenters. The van der Waals surface area contributed by atoms with E-state index in [1.54, 1.807) is 14.2 Å². The number of rotatable bonds is 19. The summed E-state index contributed by atoms with van der Waals surface area (Å²) in [7, 11) is 4.87. The van der Waals surface area contributed by atoms with Gasteiger partial charge in [0.2, 0.25) is 46.3 Å². The van der Waals surface area contributed by atoms with Crippen molar-refractivity contribution in [2.75, 3.05) is 86.1 Å². The average molecular weight is 731 g/mol. The van der Waals surface area contributed by atoms with Gasteiger partial charge in [-0.05, 0) is 84.5 Å². The van der Waals surface area contributed by atoms with Gasteiger partial charge in [0.1, 0.15) is 0 Å². The molecule has 18 nitrogen and oxygen atoms in total. The van der Waals surface area contributed by atoms with Gasteiger partial charge in [-0.25, -0.2) is 0 Å². The number of nitrogens with one attached hydrogen (secondary N) is 6. The second-order valence-corrected chi connectivity index (χ2v) is 11.6. The van der Waals surface area contributed by atoms with E-state index in [2.05, 4.69) is 76.8 Å². The van der Waals surface area contributed by atoms with Crippen LogP contribution in [-0.2, 0) is 9.47 Å². The summed E-state index contributed by atoms with van der Waals surface area (Å²) in [6.45, 7) is 17.6. The quantitative estimate of drug-likeness (QED) is 0.0920. The molecule has 49 heavy (non-hydrogen) atoms. The molecule has 276 valence electrons. The van der Waals surface area contributed by atoms with Crippen LogP contribution < -0.4 is 36.6 Å². The first kappa shape index (κ1) is 43.2. The maximum atomic E-state index is 5.84. The predicted molar refractivity (Wildman–Crippen MR) is 196 cm³/mol. The summed E-state index contributed by atoms with van der Waals surface area (Å²) in [5.74, 6) is 2.96. The molecule has 0 radical (unpaired) electrons. The Morgan fingerprint density at radius 3 is 1.22 bits per heavy atom. The number of aromatic nitrogens is 9. The molecule has 3 rings (SSSR count). The van der Waals surface area contributed by atoms with Gasteiger partial charge in [-0.15, -0.1) is 0 Å². The summed E-state index contributed by atoms with van der Waals surface area (Å²) in [5, 5.41) is 18.8. The lowest BCUT2D eigenvalue weighted by atomic mass is 10.4. The maximum Gasteiger partial charge on any atom is 0.322 e. The van der Waals surface area contributed by atoms with Gasteiger partial charge in [-0.1, -0.05) is 0 Å². The zero-order valence-corrected chi connectivity index (χ0v) is 31.7. The number of anilines is 6. The van der Waals surface area contributed by atoms with E-state index < -0.39 is 0 Å². The van der Waals surface area contributed by atoms with Crippen LogP contribution in [0.2, 0.25) is 10.6 Å². The molecule has 0 fully saturated rings. The molecule has 0 aliphatic heterocycles. The molecule has 3 aromatic rings. The third-order valence-electron chi connectivity index (χ3n) is 5.22. The number of halogens is 2. The van der Waals surface area contributed by atoms with Crippen molar-refractivity contribution in [1.82, 2.24) is 44.9 Å². The van der Waals surface area contributed by atoms with Crippen molar-refractivity contribution in [2.45, 2.75) is 79.4 Å². The van der Waals surface area contributed by atoms with Gasteiger partial charge in [0.25, 0.3) is 0 Å². The summed E-state index contributed by atoms with van der Waals surface area (Å²) in [6.07, 6.45) is 1.74. The zero-order valence-electron chi connectivity index (χ0n) is 30.2. The van der Waals surface area contributed by atoms with Gasteiger partial charge in [0, 0.05) is 65.2 Å². The SMILES string of the molecule is CCNc1nc(Cl)nc(NC(C)C)n1.COCCCNc1nc(Cl)nc(NCCCOC)n1.COc1nc(NC(C)C)nc(NC(C)C)n1. The number of nitrogens with zero attached hydrogens (tertiary/aromatic N) is 9. The Morgan fingerprint density at radius 2 is 0.857 bits per heavy atom. The van der Waals surface area contributed by atoms with Gasteiger partial charge < -0.3 is 46.1 Å². The number of methoxy groups -OCH3 is 3. The van der Waals surface area contributed by atoms with E-state index in [1.165, 1.54) is 7.11 Å². The van der Waals surface area contributed by atoms with Crippen LogP contribution >= 0.6 is 23.2 Å². The summed E-state index contributed by atoms with van der Waals surface area (Å²) in [5.41, 5.74) is 0. The van der Waals surface area contributed by atoms with E-state index in [4.69, 9.17) is 37.4 Å². The molecule has 3 heterocycles. The van der Waals surface area contributed by atoms with Gasteiger partial charge in [-0.3, -0.25) is 0 Å². The van der Waals surface area contributed by atoms with Crippen molar-refractivity contribution in [2.24, 2.45) is 0 Å². The second kappa shape index (κ2) is 25.2. The summed E-state index contributed by atoms with van der Waals surface area (Å²) >= 11 is 11.6. The van der Waals surface area contributed by atoms with E-state index in [0.29, 0.717) is 54.9 Å². The fraction of sp³-hybridized carbons (Fsp3) is 0.690. The Kier molecular flexibility index (Phi) is 22.1. The van der Waals surface area contributed by atoms with E-state index in [9.17, 15) is 0 Å². The molecular weight excluding hydrogens is 677 g/mol. The van der Waals surface area contributed by atoms with Crippen LogP contribution in [0.15, 0.2) is 0 Å². The van der Waals surface area contributed by atoms with Crippen LogP contribution in [0.1, 0.15) is 61.3 Å². The Balaban J connectivity index is 0.000000372. The van der Waals surface area contributed by atoms with Crippen LogP contribution in [0.3, 0.4) is 0 Å². The van der Waals surface area contributed by atoms with Crippen molar-refractivity contribution in [3.8, 4) is 6.01 Å². The monoisotopic (exact) mass is 729 g/mol. The third-order valence-corrected chi connectivity index (χ3v) is 5.56. The van der Waals surface area contributed by atoms with Crippen molar-refractivity contribution < 1.29 is 14.2 Å². The molecule has 0 saturated carbocycles. The van der Waals surface area contributed by atoms with Crippen LogP contribution in [0, 0.1) is 0 Å². The number of ether oxygens (including phenoxy) is 3. The molecule has 20 heteroatoms. The standard InChI is InChI=1S/C11H20ClN5O2.C10H19N5O.C8H14ClN5/c1-18-7-3-5-13-10-15-9(12)16-11(17-10)14-6-4-8-19-2;1-6(2)11-8-13-9(12-7(3)4)15-10(14-8)16-5;1-4-10-7-12-6(9)13-8(14-7)11-5(2)3/h3-8H2,1-2H3,(H2,13,14,15,16,17);6-7H,1-5H3,(H2,11,12,13,14,15);5H,4H2,1-3H3,(H2,10,11,12,13,14). The van der Waals surface area contributed by atoms with Gasteiger partial charge in [0.05, 0.1) is 7.11 Å². The van der Waals surface area contributed by atoms with Gasteiger partial charge >= 0.3 is 6.01 Å². The highest BCUT2D eigenvalue weighted by Crippen LogP contribution is 2.13. The van der Waals surface area contributed by atoms with Gasteiger partial charge in [-0.2, -0.15) is 44.9 Å². The van der Waals surface area contributed by atoms with E-state index in [-0.39, 0.29) is 28.7 Å². The fourth-order valence-corrected chi connectivity index (χ4v) is 3.67. The Morgan fingerprint density at radius 1 is 0.510 bits per heavy atom. The molecule has 0 aliphatic rings. The largest absolute Gasteiger partial charge is 0.467 e. The Hall–Kier alpha value is -3.87. The van der Waals surface area contributed by atoms with E-state index in [0.717, 1.165) is 32.5 Å². The second-order valence-electron chi connectivity index (χ2n) is 10.9. The van der Waals surface area contributed by atoms with Crippen molar-refractivity contribution >= 4 is 58.9 Å². The summed E-state index contributed by atoms with van der Waals surface area (Å²) in [4.78, 5) is 36.7. The topological polar surface area (TPSA) is 216 Å². The predicted octanol–water partition coefficient (Wildman–Crippen LogP) is 4.72. The molecule has 0 aromatic carbocycles. The lowest BCUT2D eigenvalue weighted by Gasteiger charge is -2.12. The minimum atomic E-state index is 0.165. The lowest BCUT2D eigenvalue weighted by molar-refractivity contribution is 0.197. The highest BCUT2D eigenvalue weighted by Gasteiger charge is 2.09. The minimum Gasteiger partial charge on any atom is -0.467 e. The van der Waals surface area contributed by atoms with E-state index >= 15 is 0 Å². The molecular formula is C29H53Cl2N15O3. The van der Waals surface area contributed by atoms with Crippen molar-refractivity contribution in [3.05, 3.63) is 10.6 Å². The molecule has 3 aromatic heterocycles. The lowest BCUT2D eigenvalue weighted by Crippen LogP contribution is -2.17. The summed E-state index contributed by atoms with van der Waals surface area (Å²) in [6, 6.07) is 1.10. The van der Waals surface area contributed by atoms with Crippen molar-refractivity contribution in [1.29, 1.82) is 0 Å². The fourth-order valence-electron chi connectivity index (χ4n) is 3.34. The van der Waals surface area contributed by atoms with Gasteiger partial charge in [0.15, 0.2) is 0 Å². The Labute approximate surface area is 299 Å². The van der Waals surface area contributed by atoms with E-state index in [1.807, 2.05) is 48.5 Å². The molecule has 0 bridgehead atoms. The molecule has 0 amide bonds. The van der Waals surface area contributed by atoms with Crippen LogP contribution in [-0.4, -0.2) is 117 Å². The first-order chi connectivity index (χ1) is 23.4. The molecule has 0 atom stereocenters. The normalized spacial score (nSPS) is 10.5. The zero-order chi connectivity index (χ0) is 36.6. The van der Waals surface area contributed by atoms with Crippen LogP contribution in [0.4, 0.5) is 35.7 Å². The van der Waals surface area contributed by atoms with Crippen molar-refractivity contribution in [3.63, 3.8) is 0 Å². The highest BCUT2D eigenvalue weighted by atomic mass is 35.5. The average Bonchev–Trinajstić information content (AvgIpc) is 3.01. The first-order valence-corrected chi connectivity index (χ1v) is 16.8. The molecule has 6 N–H and O–H groups in total. The molecule has 0 saturated heterocycles. The number of hydrogen-bond donors (Lipinski definition) is 6. The summed E-state index contributed by atoms with van der Waals surface area (Å²) < 4.78 is 14.9. The smallest absolute Gasteiger partial charge is 0.322 e. The minimum absolute atomic E-state index is 0.165. The van der Waals surface area contributed by atoms with Crippen LogP contribution in [0.5, 0.6) is 6.01 Å². The third kappa shape index (κ3) is 21.0. The highest BCUT2D eigenvalue weighted by molar-refractivity contribution is 6.28. The number of hydrogen-bond acceptors (Lipinski definition) is 18. The first-order valence-electron chi connectivity index (χ1n) is 16.0. The molecule has 0 aliphatic carbocycles. The maximum absolute atomic E-state index is 5.84.